The summed E-state index contributed by atoms with van der Waals surface area (Å²) in [6, 6.07) is 8.64. The van der Waals surface area contributed by atoms with Crippen molar-refractivity contribution in [3.63, 3.8) is 0 Å². The van der Waals surface area contributed by atoms with E-state index in [2.05, 4.69) is 10.3 Å². The molecule has 0 fully saturated rings. The third-order valence-corrected chi connectivity index (χ3v) is 4.29. The molecular formula is C17H17FN2O4S. The normalized spacial score (nSPS) is 11.6. The topological polar surface area (TPSA) is 88.3 Å². The number of benzene rings is 1. The molecule has 6 nitrogen and oxygen atoms in total. The van der Waals surface area contributed by atoms with Crippen LogP contribution in [0.3, 0.4) is 0 Å². The summed E-state index contributed by atoms with van der Waals surface area (Å²) in [5.74, 6) is -1.58. The molecule has 2 rings (SSSR count). The number of carbonyl (C=O) groups is 3. The number of thioether (sulfide) groups is 1. The van der Waals surface area contributed by atoms with Gasteiger partial charge in [-0.2, -0.15) is 0 Å². The van der Waals surface area contributed by atoms with Crippen molar-refractivity contribution in [1.82, 2.24) is 4.98 Å². The Morgan fingerprint density at radius 3 is 2.60 bits per heavy atom. The molecule has 1 unspecified atom stereocenters. The van der Waals surface area contributed by atoms with Crippen molar-refractivity contribution in [2.24, 2.45) is 0 Å². The Kier molecular flexibility index (Phi) is 6.76. The molecule has 1 atom stereocenters. The van der Waals surface area contributed by atoms with Gasteiger partial charge in [0, 0.05) is 11.9 Å². The summed E-state index contributed by atoms with van der Waals surface area (Å²) >= 11 is 1.08. The van der Waals surface area contributed by atoms with E-state index in [0.717, 1.165) is 11.8 Å². The van der Waals surface area contributed by atoms with Gasteiger partial charge in [-0.15, -0.1) is 11.8 Å². The summed E-state index contributed by atoms with van der Waals surface area (Å²) < 4.78 is 17.7. The van der Waals surface area contributed by atoms with Crippen molar-refractivity contribution in [3.05, 3.63) is 54.1 Å². The van der Waals surface area contributed by atoms with Crippen molar-refractivity contribution in [3.8, 4) is 0 Å². The number of anilines is 1. The first-order valence-electron chi connectivity index (χ1n) is 7.46. The second-order valence-corrected chi connectivity index (χ2v) is 6.45. The number of aromatic nitrogens is 1. The van der Waals surface area contributed by atoms with Crippen LogP contribution in [0.2, 0.25) is 0 Å². The largest absolute Gasteiger partial charge is 0.456 e. The highest BCUT2D eigenvalue weighted by atomic mass is 32.2. The van der Waals surface area contributed by atoms with Crippen molar-refractivity contribution in [1.29, 1.82) is 0 Å². The highest BCUT2D eigenvalue weighted by Crippen LogP contribution is 2.14. The third kappa shape index (κ3) is 6.07. The van der Waals surface area contributed by atoms with Crippen LogP contribution in [0.1, 0.15) is 17.4 Å². The predicted molar refractivity (Wildman–Crippen MR) is 93.0 cm³/mol. The van der Waals surface area contributed by atoms with Crippen LogP contribution in [0.4, 0.5) is 10.1 Å². The number of ether oxygens (including phenoxy) is 1. The number of halogens is 1. The first-order chi connectivity index (χ1) is 12.0. The molecule has 0 saturated heterocycles. The van der Waals surface area contributed by atoms with E-state index < -0.39 is 17.0 Å². The Bertz CT molecular complexity index is 732. The number of Topliss-reactive ketones (excluding diaryl/α,β-unsaturated/α-hetero) is 1. The second-order valence-electron chi connectivity index (χ2n) is 5.12. The summed E-state index contributed by atoms with van der Waals surface area (Å²) in [5.41, 5.74) is 0.838. The van der Waals surface area contributed by atoms with Crippen molar-refractivity contribution in [2.75, 3.05) is 17.7 Å². The van der Waals surface area contributed by atoms with E-state index >= 15 is 0 Å². The highest BCUT2D eigenvalue weighted by Gasteiger charge is 2.18. The van der Waals surface area contributed by atoms with E-state index in [1.54, 1.807) is 25.3 Å². The number of hydrogen-bond acceptors (Lipinski definition) is 5. The van der Waals surface area contributed by atoms with Gasteiger partial charge in [0.05, 0.1) is 11.4 Å². The van der Waals surface area contributed by atoms with Crippen LogP contribution in [0.15, 0.2) is 42.6 Å². The molecule has 0 bridgehead atoms. The molecule has 0 spiro atoms. The fraction of sp³-hybridized carbons (Fsp3) is 0.235. The maximum Gasteiger partial charge on any atom is 0.319 e. The molecule has 2 N–H and O–H groups in total. The monoisotopic (exact) mass is 364 g/mol. The Labute approximate surface area is 148 Å². The lowest BCUT2D eigenvalue weighted by molar-refractivity contribution is -0.141. The predicted octanol–water partition coefficient (Wildman–Crippen LogP) is 2.64. The van der Waals surface area contributed by atoms with Crippen LogP contribution < -0.4 is 5.32 Å². The maximum atomic E-state index is 12.8. The molecule has 0 aliphatic carbocycles. The highest BCUT2D eigenvalue weighted by molar-refractivity contribution is 8.01. The maximum absolute atomic E-state index is 12.8. The van der Waals surface area contributed by atoms with Gasteiger partial charge >= 0.3 is 5.97 Å². The van der Waals surface area contributed by atoms with Crippen LogP contribution >= 0.6 is 11.8 Å². The Hall–Kier alpha value is -2.61. The molecule has 25 heavy (non-hydrogen) atoms. The van der Waals surface area contributed by atoms with E-state index in [9.17, 15) is 18.8 Å². The van der Waals surface area contributed by atoms with Gasteiger partial charge in [-0.3, -0.25) is 14.4 Å². The molecule has 1 heterocycles. The molecule has 0 aliphatic rings. The number of H-pyrrole nitrogens is 1. The summed E-state index contributed by atoms with van der Waals surface area (Å²) in [4.78, 5) is 38.1. The molecule has 0 radical (unpaired) electrons. The number of nitrogens with one attached hydrogen (secondary N) is 2. The first-order valence-corrected chi connectivity index (χ1v) is 8.51. The van der Waals surface area contributed by atoms with E-state index in [4.69, 9.17) is 4.74 Å². The van der Waals surface area contributed by atoms with Gasteiger partial charge < -0.3 is 15.0 Å². The molecule has 2 aromatic rings. The average molecular weight is 364 g/mol. The summed E-state index contributed by atoms with van der Waals surface area (Å²) in [7, 11) is 0. The van der Waals surface area contributed by atoms with Gasteiger partial charge in [0.15, 0.2) is 6.61 Å². The summed E-state index contributed by atoms with van der Waals surface area (Å²) in [5, 5.41) is 1.99. The number of aromatic amines is 1. The number of carbonyl (C=O) groups excluding carboxylic acids is 3. The van der Waals surface area contributed by atoms with Gasteiger partial charge in [0.1, 0.15) is 11.1 Å². The van der Waals surface area contributed by atoms with Crippen LogP contribution in [0.25, 0.3) is 0 Å². The smallest absolute Gasteiger partial charge is 0.319 e. The Morgan fingerprint density at radius 2 is 1.96 bits per heavy atom. The minimum absolute atomic E-state index is 0.0260. The van der Waals surface area contributed by atoms with E-state index in [1.807, 2.05) is 0 Å². The van der Waals surface area contributed by atoms with Gasteiger partial charge in [-0.25, -0.2) is 4.39 Å². The lowest BCUT2D eigenvalue weighted by Gasteiger charge is -2.11. The third-order valence-electron chi connectivity index (χ3n) is 3.17. The van der Waals surface area contributed by atoms with Crippen molar-refractivity contribution in [2.45, 2.75) is 12.2 Å². The van der Waals surface area contributed by atoms with Gasteiger partial charge in [-0.05, 0) is 43.3 Å². The van der Waals surface area contributed by atoms with Crippen LogP contribution in [-0.4, -0.2) is 40.3 Å². The number of amides is 1. The van der Waals surface area contributed by atoms with Crippen molar-refractivity contribution < 1.29 is 23.5 Å². The zero-order valence-electron chi connectivity index (χ0n) is 13.5. The van der Waals surface area contributed by atoms with Crippen LogP contribution in [0, 0.1) is 5.82 Å². The number of hydrogen-bond donors (Lipinski definition) is 2. The zero-order chi connectivity index (χ0) is 18.2. The van der Waals surface area contributed by atoms with Crippen molar-refractivity contribution >= 4 is 35.1 Å². The molecule has 0 saturated carbocycles. The first kappa shape index (κ1) is 18.7. The Balaban J connectivity index is 1.70. The summed E-state index contributed by atoms with van der Waals surface area (Å²) in [6.07, 6.45) is 1.60. The van der Waals surface area contributed by atoms with E-state index in [0.29, 0.717) is 11.4 Å². The van der Waals surface area contributed by atoms with Crippen LogP contribution in [0.5, 0.6) is 0 Å². The fourth-order valence-electron chi connectivity index (χ4n) is 1.83. The fourth-order valence-corrected chi connectivity index (χ4v) is 2.51. The molecule has 0 aliphatic heterocycles. The van der Waals surface area contributed by atoms with Gasteiger partial charge in [0.2, 0.25) is 11.7 Å². The summed E-state index contributed by atoms with van der Waals surface area (Å²) in [6.45, 7) is 1.24. The molecule has 1 aromatic heterocycles. The molecule has 132 valence electrons. The zero-order valence-corrected chi connectivity index (χ0v) is 14.3. The minimum atomic E-state index is -0.601. The number of rotatable bonds is 8. The molecular weight excluding hydrogens is 347 g/mol. The quantitative estimate of drug-likeness (QED) is 0.555. The van der Waals surface area contributed by atoms with E-state index in [1.165, 1.54) is 24.3 Å². The van der Waals surface area contributed by atoms with Crippen LogP contribution in [-0.2, 0) is 14.3 Å². The second kappa shape index (κ2) is 9.03. The lowest BCUT2D eigenvalue weighted by atomic mass is 10.3. The van der Waals surface area contributed by atoms with E-state index in [-0.39, 0.29) is 24.1 Å². The van der Waals surface area contributed by atoms with Gasteiger partial charge in [-0.1, -0.05) is 0 Å². The van der Waals surface area contributed by atoms with Gasteiger partial charge in [0.25, 0.3) is 0 Å². The Morgan fingerprint density at radius 1 is 1.24 bits per heavy atom. The standard InChI is InChI=1S/C17H17FN2O4S/c1-11(17(23)24-9-15(21)14-3-2-8-19-14)25-10-16(22)20-13-6-4-12(18)5-7-13/h2-8,11,19H,9-10H2,1H3,(H,20,22). The minimum Gasteiger partial charge on any atom is -0.456 e. The molecule has 1 amide bonds. The molecule has 8 heteroatoms. The molecule has 1 aromatic carbocycles. The lowest BCUT2D eigenvalue weighted by Crippen LogP contribution is -2.23. The number of ketones is 1. The number of esters is 1. The SMILES string of the molecule is CC(SCC(=O)Nc1ccc(F)cc1)C(=O)OCC(=O)c1ccc[nH]1. The average Bonchev–Trinajstić information content (AvgIpc) is 3.14.